The highest BCUT2D eigenvalue weighted by Gasteiger charge is 2.51. The monoisotopic (exact) mass is 378 g/mol. The summed E-state index contributed by atoms with van der Waals surface area (Å²) in [5, 5.41) is 1.62. The van der Waals surface area contributed by atoms with Crippen molar-refractivity contribution >= 4 is 21.8 Å². The smallest absolute Gasteiger partial charge is 0.249 e. The van der Waals surface area contributed by atoms with E-state index in [0.717, 1.165) is 0 Å². The van der Waals surface area contributed by atoms with Crippen LogP contribution in [0.2, 0.25) is 28.7 Å². The fraction of sp³-hybridized carbons (Fsp3) is 0.619. The van der Waals surface area contributed by atoms with Crippen molar-refractivity contribution in [2.75, 3.05) is 7.11 Å². The summed E-state index contributed by atoms with van der Waals surface area (Å²) in [5.74, 6) is 0. The zero-order valence-corrected chi connectivity index (χ0v) is 19.9. The lowest BCUT2D eigenvalue weighted by Crippen LogP contribution is -2.59. The Balaban J connectivity index is 3.19. The molecule has 1 rings (SSSR count). The van der Waals surface area contributed by atoms with Gasteiger partial charge in [-0.1, -0.05) is 78.8 Å². The first kappa shape index (κ1) is 22.2. The van der Waals surface area contributed by atoms with Crippen LogP contribution in [0.4, 0.5) is 0 Å². The van der Waals surface area contributed by atoms with Crippen molar-refractivity contribution in [2.24, 2.45) is 0 Å². The Labute approximate surface area is 157 Å². The van der Waals surface area contributed by atoms with Gasteiger partial charge in [0.2, 0.25) is 16.6 Å². The molecule has 2 atom stereocenters. The maximum absolute atomic E-state index is 6.34. The molecule has 0 N–H and O–H groups in total. The Hall–Kier alpha value is -0.846. The Morgan fingerprint density at radius 3 is 1.84 bits per heavy atom. The van der Waals surface area contributed by atoms with E-state index in [9.17, 15) is 0 Å². The highest BCUT2D eigenvalue weighted by Crippen LogP contribution is 2.44. The zero-order valence-electron chi connectivity index (χ0n) is 17.9. The van der Waals surface area contributed by atoms with Crippen molar-refractivity contribution in [3.63, 3.8) is 0 Å². The number of benzene rings is 1. The molecule has 1 aromatic rings. The van der Waals surface area contributed by atoms with E-state index >= 15 is 0 Å². The van der Waals surface area contributed by atoms with Gasteiger partial charge in [0.1, 0.15) is 0 Å². The van der Waals surface area contributed by atoms with Crippen LogP contribution in [-0.2, 0) is 8.85 Å². The highest BCUT2D eigenvalue weighted by molar-refractivity contribution is 6.90. The number of rotatable bonds is 6. The van der Waals surface area contributed by atoms with Gasteiger partial charge in [0.25, 0.3) is 0 Å². The van der Waals surface area contributed by atoms with E-state index in [-0.39, 0.29) is 10.1 Å². The fourth-order valence-electron chi connectivity index (χ4n) is 3.31. The van der Waals surface area contributed by atoms with Crippen LogP contribution in [0.25, 0.3) is 0 Å². The van der Waals surface area contributed by atoms with Crippen LogP contribution in [0, 0.1) is 0 Å². The minimum Gasteiger partial charge on any atom is -0.549 e. The Morgan fingerprint density at radius 2 is 1.44 bits per heavy atom. The number of hydrogen-bond donors (Lipinski definition) is 0. The summed E-state index contributed by atoms with van der Waals surface area (Å²) in [6.45, 7) is 20.5. The van der Waals surface area contributed by atoms with Crippen molar-refractivity contribution in [3.05, 3.63) is 42.7 Å². The van der Waals surface area contributed by atoms with Gasteiger partial charge in [-0.25, -0.2) is 0 Å². The molecule has 2 nitrogen and oxygen atoms in total. The third kappa shape index (κ3) is 4.66. The topological polar surface area (TPSA) is 18.5 Å². The van der Waals surface area contributed by atoms with Gasteiger partial charge in [-0.15, -0.1) is 0 Å². The molecule has 0 saturated heterocycles. The van der Waals surface area contributed by atoms with Crippen molar-refractivity contribution in [1.82, 2.24) is 0 Å². The first-order valence-corrected chi connectivity index (χ1v) is 14.1. The van der Waals surface area contributed by atoms with Crippen molar-refractivity contribution < 1.29 is 8.85 Å². The van der Waals surface area contributed by atoms with Crippen molar-refractivity contribution in [3.8, 4) is 0 Å². The molecule has 0 amide bonds. The minimum absolute atomic E-state index is 0.0732. The summed E-state index contributed by atoms with van der Waals surface area (Å²) in [4.78, 5) is 0. The normalized spacial score (nSPS) is 17.4. The van der Waals surface area contributed by atoms with Crippen LogP contribution in [0.3, 0.4) is 0 Å². The lowest BCUT2D eigenvalue weighted by molar-refractivity contribution is 0.365. The molecule has 0 aliphatic rings. The summed E-state index contributed by atoms with van der Waals surface area (Å²) in [6.07, 6.45) is 4.19. The zero-order chi connectivity index (χ0) is 19.5. The second kappa shape index (κ2) is 7.81. The Kier molecular flexibility index (Phi) is 6.93. The summed E-state index contributed by atoms with van der Waals surface area (Å²) >= 11 is 0. The average molecular weight is 379 g/mol. The summed E-state index contributed by atoms with van der Waals surface area (Å²) in [6, 6.07) is 10.7. The third-order valence-electron chi connectivity index (χ3n) is 5.82. The minimum atomic E-state index is -2.24. The van der Waals surface area contributed by atoms with Gasteiger partial charge in [0.05, 0.1) is 6.26 Å². The summed E-state index contributed by atoms with van der Waals surface area (Å²) in [5.41, 5.74) is 0.310. The molecule has 142 valence electrons. The van der Waals surface area contributed by atoms with E-state index in [1.165, 1.54) is 5.19 Å². The van der Waals surface area contributed by atoms with Gasteiger partial charge in [-0.05, 0) is 34.4 Å². The molecule has 1 aromatic carbocycles. The van der Waals surface area contributed by atoms with Crippen LogP contribution in [0.15, 0.2) is 42.7 Å². The third-order valence-corrected chi connectivity index (χ3v) is 15.7. The molecule has 0 saturated carbocycles. The predicted octanol–water partition coefficient (Wildman–Crippen LogP) is 6.21. The van der Waals surface area contributed by atoms with Gasteiger partial charge < -0.3 is 8.85 Å². The highest BCUT2D eigenvalue weighted by atomic mass is 28.4. The average Bonchev–Trinajstić information content (AvgIpc) is 2.46. The first-order valence-electron chi connectivity index (χ1n) is 9.25. The molecule has 0 aliphatic carbocycles. The van der Waals surface area contributed by atoms with E-state index in [1.54, 1.807) is 0 Å². The van der Waals surface area contributed by atoms with E-state index in [4.69, 9.17) is 8.85 Å². The first-order chi connectivity index (χ1) is 11.3. The molecule has 0 fully saturated rings. The molecule has 0 bridgehead atoms. The molecule has 4 heteroatoms. The SMILES string of the molecule is CO[Si](c1ccccc1)(C(C)/C=C\O[Si](C)(C)C(C)(C)C)C(C)(C)C. The van der Waals surface area contributed by atoms with Crippen LogP contribution < -0.4 is 5.19 Å². The number of allylic oxidation sites excluding steroid dienone is 1. The van der Waals surface area contributed by atoms with Crippen LogP contribution in [0.1, 0.15) is 48.5 Å². The second-order valence-electron chi connectivity index (χ2n) is 9.55. The fourth-order valence-corrected chi connectivity index (χ4v) is 9.10. The van der Waals surface area contributed by atoms with Crippen LogP contribution in [-0.4, -0.2) is 23.7 Å². The maximum Gasteiger partial charge on any atom is 0.249 e. The number of hydrogen-bond acceptors (Lipinski definition) is 2. The lowest BCUT2D eigenvalue weighted by atomic mass is 10.2. The summed E-state index contributed by atoms with van der Waals surface area (Å²) in [7, 11) is -2.14. The standard InChI is InChI=1S/C21H38O2Si2/c1-18(16-17-23-24(9,10)20(2,3)4)25(22-8,21(5,6)7)19-14-12-11-13-15-19/h11-18H,1-10H3/b17-16-. The molecule has 2 unspecified atom stereocenters. The molecule has 25 heavy (non-hydrogen) atoms. The molecule has 0 radical (unpaired) electrons. The molecule has 0 aromatic heterocycles. The van der Waals surface area contributed by atoms with Gasteiger partial charge in [-0.3, -0.25) is 0 Å². The van der Waals surface area contributed by atoms with Gasteiger partial charge in [0.15, 0.2) is 0 Å². The van der Waals surface area contributed by atoms with E-state index in [1.807, 2.05) is 13.4 Å². The molecule has 0 heterocycles. The van der Waals surface area contributed by atoms with Crippen LogP contribution in [0.5, 0.6) is 0 Å². The van der Waals surface area contributed by atoms with Crippen LogP contribution >= 0.6 is 0 Å². The van der Waals surface area contributed by atoms with Crippen molar-refractivity contribution in [2.45, 2.75) is 77.2 Å². The Bertz CT molecular complexity index is 568. The van der Waals surface area contributed by atoms with E-state index < -0.39 is 16.6 Å². The molecular formula is C21H38O2Si2. The molecule has 0 aliphatic heterocycles. The molecular weight excluding hydrogens is 340 g/mol. The van der Waals surface area contributed by atoms with Gasteiger partial charge in [0, 0.05) is 12.7 Å². The quantitative estimate of drug-likeness (QED) is 0.432. The van der Waals surface area contributed by atoms with E-state index in [2.05, 4.69) is 98.0 Å². The maximum atomic E-state index is 6.34. The van der Waals surface area contributed by atoms with Gasteiger partial charge >= 0.3 is 0 Å². The predicted molar refractivity (Wildman–Crippen MR) is 115 cm³/mol. The lowest BCUT2D eigenvalue weighted by Gasteiger charge is -2.45. The van der Waals surface area contributed by atoms with E-state index in [0.29, 0.717) is 5.54 Å². The van der Waals surface area contributed by atoms with Gasteiger partial charge in [-0.2, -0.15) is 0 Å². The Morgan fingerprint density at radius 1 is 0.920 bits per heavy atom. The second-order valence-corrected chi connectivity index (χ2v) is 19.2. The van der Waals surface area contributed by atoms with Crippen molar-refractivity contribution in [1.29, 1.82) is 0 Å². The summed E-state index contributed by atoms with van der Waals surface area (Å²) < 4.78 is 12.6. The molecule has 0 spiro atoms. The largest absolute Gasteiger partial charge is 0.549 e.